The smallest absolute Gasteiger partial charge is 0.352 e. The van der Waals surface area contributed by atoms with Crippen molar-refractivity contribution in [2.45, 2.75) is 39.5 Å². The molecule has 1 aliphatic rings. The Morgan fingerprint density at radius 3 is 2.58 bits per heavy atom. The SMILES string of the molecule is CCOc1c(F)cc(COc2cc3n(c(=O)n2)CCC(C)N3C)cc1F. The standard InChI is InChI=1S/C18H21F2N3O3/c1-4-25-17-13(19)7-12(8-14(17)20)10-26-15-9-16-22(3)11(2)5-6-23(16)18(24)21-15/h7-9,11H,4-6,10H2,1-3H3. The van der Waals surface area contributed by atoms with Crippen LogP contribution in [0.3, 0.4) is 0 Å². The van der Waals surface area contributed by atoms with E-state index in [1.165, 1.54) is 0 Å². The van der Waals surface area contributed by atoms with Gasteiger partial charge in [-0.05, 0) is 38.0 Å². The van der Waals surface area contributed by atoms with Crippen LogP contribution in [0.15, 0.2) is 23.0 Å². The summed E-state index contributed by atoms with van der Waals surface area (Å²) < 4.78 is 39.8. The predicted molar refractivity (Wildman–Crippen MR) is 92.8 cm³/mol. The fourth-order valence-electron chi connectivity index (χ4n) is 2.92. The second-order valence-corrected chi connectivity index (χ2v) is 6.25. The number of aromatic nitrogens is 2. The number of benzene rings is 1. The van der Waals surface area contributed by atoms with Crippen LogP contribution in [0, 0.1) is 11.6 Å². The van der Waals surface area contributed by atoms with Gasteiger partial charge in [-0.3, -0.25) is 4.57 Å². The average Bonchev–Trinajstić information content (AvgIpc) is 2.60. The Balaban J connectivity index is 1.81. The molecule has 1 aromatic carbocycles. The summed E-state index contributed by atoms with van der Waals surface area (Å²) in [5.41, 5.74) is -0.120. The molecule has 6 nitrogen and oxygen atoms in total. The van der Waals surface area contributed by atoms with Crippen molar-refractivity contribution >= 4 is 5.82 Å². The van der Waals surface area contributed by atoms with Crippen LogP contribution in [-0.2, 0) is 13.2 Å². The van der Waals surface area contributed by atoms with Crippen molar-refractivity contribution in [2.24, 2.45) is 0 Å². The molecule has 0 N–H and O–H groups in total. The summed E-state index contributed by atoms with van der Waals surface area (Å²) in [6.45, 7) is 4.37. The molecule has 8 heteroatoms. The molecule has 0 spiro atoms. The lowest BCUT2D eigenvalue weighted by Gasteiger charge is -2.34. The minimum atomic E-state index is -0.794. The van der Waals surface area contributed by atoms with E-state index >= 15 is 0 Å². The third-order valence-electron chi connectivity index (χ3n) is 4.49. The van der Waals surface area contributed by atoms with E-state index in [0.717, 1.165) is 18.6 Å². The van der Waals surface area contributed by atoms with Crippen LogP contribution >= 0.6 is 0 Å². The van der Waals surface area contributed by atoms with Gasteiger partial charge in [0.2, 0.25) is 5.88 Å². The first-order valence-electron chi connectivity index (χ1n) is 8.49. The van der Waals surface area contributed by atoms with Gasteiger partial charge in [0.05, 0.1) is 6.61 Å². The number of ether oxygens (including phenoxy) is 2. The van der Waals surface area contributed by atoms with E-state index in [9.17, 15) is 13.6 Å². The van der Waals surface area contributed by atoms with E-state index in [-0.39, 0.29) is 24.7 Å². The van der Waals surface area contributed by atoms with E-state index < -0.39 is 23.1 Å². The summed E-state index contributed by atoms with van der Waals surface area (Å²) in [4.78, 5) is 18.1. The lowest BCUT2D eigenvalue weighted by molar-refractivity contribution is 0.283. The van der Waals surface area contributed by atoms with E-state index in [4.69, 9.17) is 9.47 Å². The van der Waals surface area contributed by atoms with E-state index in [1.807, 2.05) is 11.9 Å². The summed E-state index contributed by atoms with van der Waals surface area (Å²) in [5.74, 6) is -1.16. The van der Waals surface area contributed by atoms with Gasteiger partial charge in [0.1, 0.15) is 12.4 Å². The topological polar surface area (TPSA) is 56.6 Å². The fraction of sp³-hybridized carbons (Fsp3) is 0.444. The van der Waals surface area contributed by atoms with Gasteiger partial charge in [0.25, 0.3) is 0 Å². The molecular formula is C18H21F2N3O3. The van der Waals surface area contributed by atoms with Crippen molar-refractivity contribution < 1.29 is 18.3 Å². The highest BCUT2D eigenvalue weighted by Crippen LogP contribution is 2.26. The Morgan fingerprint density at radius 1 is 1.23 bits per heavy atom. The van der Waals surface area contributed by atoms with Crippen LogP contribution in [-0.4, -0.2) is 29.2 Å². The van der Waals surface area contributed by atoms with Crippen LogP contribution < -0.4 is 20.1 Å². The maximum atomic E-state index is 13.9. The van der Waals surface area contributed by atoms with Gasteiger partial charge in [-0.2, -0.15) is 4.98 Å². The summed E-state index contributed by atoms with van der Waals surface area (Å²) in [7, 11) is 1.90. The minimum absolute atomic E-state index is 0.116. The molecule has 2 heterocycles. The molecule has 0 radical (unpaired) electrons. The first kappa shape index (κ1) is 18.2. The Labute approximate surface area is 150 Å². The van der Waals surface area contributed by atoms with Crippen molar-refractivity contribution in [2.75, 3.05) is 18.6 Å². The number of fused-ring (bicyclic) bond motifs is 1. The van der Waals surface area contributed by atoms with Gasteiger partial charge in [0.15, 0.2) is 17.4 Å². The zero-order valence-electron chi connectivity index (χ0n) is 15.0. The van der Waals surface area contributed by atoms with Crippen molar-refractivity contribution in [1.82, 2.24) is 9.55 Å². The maximum Gasteiger partial charge on any atom is 0.352 e. The van der Waals surface area contributed by atoms with Gasteiger partial charge in [0, 0.05) is 25.7 Å². The zero-order valence-corrected chi connectivity index (χ0v) is 15.0. The van der Waals surface area contributed by atoms with E-state index in [0.29, 0.717) is 18.4 Å². The van der Waals surface area contributed by atoms with Crippen LogP contribution in [0.25, 0.3) is 0 Å². The van der Waals surface area contributed by atoms with Crippen molar-refractivity contribution in [1.29, 1.82) is 0 Å². The number of hydrogen-bond acceptors (Lipinski definition) is 5. The second-order valence-electron chi connectivity index (χ2n) is 6.25. The Bertz CT molecular complexity index is 846. The van der Waals surface area contributed by atoms with E-state index in [2.05, 4.69) is 11.9 Å². The largest absolute Gasteiger partial charge is 0.488 e. The normalized spacial score (nSPS) is 16.3. The number of halogens is 2. The lowest BCUT2D eigenvalue weighted by Crippen LogP contribution is -2.41. The molecule has 2 aromatic rings. The minimum Gasteiger partial charge on any atom is -0.488 e. The van der Waals surface area contributed by atoms with Gasteiger partial charge < -0.3 is 14.4 Å². The fourth-order valence-corrected chi connectivity index (χ4v) is 2.92. The van der Waals surface area contributed by atoms with Crippen LogP contribution in [0.1, 0.15) is 25.8 Å². The molecule has 26 heavy (non-hydrogen) atoms. The van der Waals surface area contributed by atoms with Crippen molar-refractivity contribution in [3.8, 4) is 11.6 Å². The maximum absolute atomic E-state index is 13.9. The molecule has 1 unspecified atom stereocenters. The molecular weight excluding hydrogens is 344 g/mol. The molecule has 0 fully saturated rings. The summed E-state index contributed by atoms with van der Waals surface area (Å²) in [6, 6.07) is 4.25. The number of anilines is 1. The third-order valence-corrected chi connectivity index (χ3v) is 4.49. The zero-order chi connectivity index (χ0) is 18.8. The number of hydrogen-bond donors (Lipinski definition) is 0. The number of nitrogens with zero attached hydrogens (tertiary/aromatic N) is 3. The molecule has 0 saturated heterocycles. The predicted octanol–water partition coefficient (Wildman–Crippen LogP) is 2.73. The molecule has 1 aromatic heterocycles. The molecule has 0 aliphatic carbocycles. The Morgan fingerprint density at radius 2 is 1.92 bits per heavy atom. The van der Waals surface area contributed by atoms with Crippen LogP contribution in [0.2, 0.25) is 0 Å². The van der Waals surface area contributed by atoms with Crippen molar-refractivity contribution in [3.63, 3.8) is 0 Å². The Kier molecular flexibility index (Phi) is 5.11. The average molecular weight is 365 g/mol. The highest BCUT2D eigenvalue weighted by molar-refractivity contribution is 5.44. The van der Waals surface area contributed by atoms with Gasteiger partial charge in [-0.1, -0.05) is 0 Å². The van der Waals surface area contributed by atoms with Crippen LogP contribution in [0.4, 0.5) is 14.6 Å². The molecule has 1 aliphatic heterocycles. The lowest BCUT2D eigenvalue weighted by atomic mass is 10.1. The first-order valence-corrected chi connectivity index (χ1v) is 8.49. The number of rotatable bonds is 5. The molecule has 1 atom stereocenters. The monoisotopic (exact) mass is 365 g/mol. The van der Waals surface area contributed by atoms with Crippen LogP contribution in [0.5, 0.6) is 11.6 Å². The highest BCUT2D eigenvalue weighted by atomic mass is 19.1. The molecule has 0 saturated carbocycles. The molecule has 0 amide bonds. The highest BCUT2D eigenvalue weighted by Gasteiger charge is 2.22. The first-order chi connectivity index (χ1) is 12.4. The van der Waals surface area contributed by atoms with Crippen molar-refractivity contribution in [3.05, 3.63) is 45.9 Å². The quantitative estimate of drug-likeness (QED) is 0.816. The Hall–Kier alpha value is -2.64. The molecule has 3 rings (SSSR count). The summed E-state index contributed by atoms with van der Waals surface area (Å²) in [6.07, 6.45) is 0.857. The molecule has 0 bridgehead atoms. The summed E-state index contributed by atoms with van der Waals surface area (Å²) in [5, 5.41) is 0. The summed E-state index contributed by atoms with van der Waals surface area (Å²) >= 11 is 0. The van der Waals surface area contributed by atoms with Gasteiger partial charge >= 0.3 is 5.69 Å². The second kappa shape index (κ2) is 7.31. The molecule has 140 valence electrons. The van der Waals surface area contributed by atoms with Gasteiger partial charge in [-0.25, -0.2) is 13.6 Å². The van der Waals surface area contributed by atoms with E-state index in [1.54, 1.807) is 17.6 Å². The van der Waals surface area contributed by atoms with Gasteiger partial charge in [-0.15, -0.1) is 0 Å². The third kappa shape index (κ3) is 3.49.